The van der Waals surface area contributed by atoms with Gasteiger partial charge in [-0.05, 0) is 80.5 Å². The third-order valence-corrected chi connectivity index (χ3v) is 22.2. The molecule has 0 amide bonds. The Labute approximate surface area is 476 Å². The first-order valence-electron chi connectivity index (χ1n) is 32.0. The number of fused-ring (bicyclic) bond motifs is 3. The Morgan fingerprint density at radius 3 is 0.873 bits per heavy atom. The van der Waals surface area contributed by atoms with Crippen LogP contribution in [0.2, 0.25) is 0 Å². The SMILES string of the molecule is CCC1O[C@@H](O[C@@H]2C(CC)O[C@@H](O[C@@H]3C(CC)O[C@@H](O[C@H]4C(C)C(C)[C@@H]5OC[C@@H]4O5)C(C)[C@H]3C)C(C)[C@H]2C)C(C)C(C)[C@@H]1O[C@H]1OC(CC)[C@@H](O[C@H]2OC(CC)[C@H](O[C@@H]3OC4COC(C)O[C@@H]4C(C)C3C)C(C)C2C)C(C)C1C. The largest absolute Gasteiger partial charge is 0.350 e. The molecule has 0 spiro atoms. The highest BCUT2D eigenvalue weighted by atomic mass is 16.8. The van der Waals surface area contributed by atoms with Crippen LogP contribution in [-0.4, -0.2) is 149 Å². The van der Waals surface area contributed by atoms with Gasteiger partial charge in [0.25, 0.3) is 0 Å². The summed E-state index contributed by atoms with van der Waals surface area (Å²) < 4.78 is 108. The molecular formula is C63H110O16. The van der Waals surface area contributed by atoms with Gasteiger partial charge in [0.2, 0.25) is 0 Å². The molecule has 0 saturated carbocycles. The van der Waals surface area contributed by atoms with E-state index in [1.165, 1.54) is 0 Å². The van der Waals surface area contributed by atoms with Gasteiger partial charge < -0.3 is 75.8 Å². The minimum Gasteiger partial charge on any atom is -0.350 e. The van der Waals surface area contributed by atoms with Crippen LogP contribution in [0, 0.1) is 82.9 Å². The average Bonchev–Trinajstić information content (AvgIpc) is 4.08. The van der Waals surface area contributed by atoms with E-state index in [-0.39, 0.29) is 188 Å². The molecule has 16 heteroatoms. The summed E-state index contributed by atoms with van der Waals surface area (Å²) in [6.07, 6.45) is -0.830. The van der Waals surface area contributed by atoms with E-state index in [0.29, 0.717) is 19.1 Å². The van der Waals surface area contributed by atoms with Gasteiger partial charge in [0, 0.05) is 41.4 Å². The molecule has 0 radical (unpaired) electrons. The Bertz CT molecular complexity index is 1890. The minimum atomic E-state index is -0.425. The molecule has 0 aliphatic carbocycles. The van der Waals surface area contributed by atoms with Crippen LogP contribution in [0.1, 0.15) is 171 Å². The standard InChI is InChI=1S/C63H110O16/c1-21-43-50(74-59-37(15)30(8)52(45(23-3)68-59)76-61-39(17)32(10)54(47(25-5)70-61)78-63-41(19)34(12)55-48(73-63)26-64-42(20)66-55)29(7)36(14)58(67-43)75-51-31(9)38(16)60(69-44(51)22-2)77-53-33(11)40(18)62(71-46(53)24-4)79-56-28(6)35(13)57-65-27-49(56)72-57/h28-63H,21-27H2,1-20H3/t28?,29?,30?,31-,32?,33-,34?,35?,36?,37?,38?,39?,40?,41?,42?,43?,44?,45?,46?,47?,48?,49+,50+,51+,52+,53+,54-,55-,56+,57-,58+,59-,60+,61-,62+,63+/m1/s1. The van der Waals surface area contributed by atoms with E-state index in [9.17, 15) is 0 Å². The Morgan fingerprint density at radius 1 is 0.266 bits per heavy atom. The van der Waals surface area contributed by atoms with Gasteiger partial charge >= 0.3 is 0 Å². The van der Waals surface area contributed by atoms with Crippen LogP contribution in [0.5, 0.6) is 0 Å². The lowest BCUT2D eigenvalue weighted by atomic mass is 9.80. The summed E-state index contributed by atoms with van der Waals surface area (Å²) in [5.74, 6) is 2.02. The summed E-state index contributed by atoms with van der Waals surface area (Å²) in [5.41, 5.74) is 0. The van der Waals surface area contributed by atoms with Crippen molar-refractivity contribution in [1.82, 2.24) is 0 Å². The van der Waals surface area contributed by atoms with E-state index in [2.05, 4.69) is 132 Å². The molecule has 79 heavy (non-hydrogen) atoms. The van der Waals surface area contributed by atoms with Crippen LogP contribution in [0.15, 0.2) is 0 Å². The van der Waals surface area contributed by atoms with Gasteiger partial charge in [0.15, 0.2) is 50.3 Å². The molecule has 9 aliphatic rings. The van der Waals surface area contributed by atoms with Crippen molar-refractivity contribution in [3.8, 4) is 0 Å². The maximum Gasteiger partial charge on any atom is 0.161 e. The Balaban J connectivity index is 0.786. The van der Waals surface area contributed by atoms with Crippen LogP contribution in [0.4, 0.5) is 0 Å². The van der Waals surface area contributed by atoms with Gasteiger partial charge in [0.1, 0.15) is 12.2 Å². The second-order valence-corrected chi connectivity index (χ2v) is 26.8. The van der Waals surface area contributed by atoms with Gasteiger partial charge in [-0.15, -0.1) is 0 Å². The molecule has 36 atom stereocenters. The molecule has 16 nitrogen and oxygen atoms in total. The molecule has 0 aromatic heterocycles. The fourth-order valence-electron chi connectivity index (χ4n) is 14.9. The van der Waals surface area contributed by atoms with Crippen molar-refractivity contribution in [2.45, 2.75) is 306 Å². The first-order chi connectivity index (χ1) is 37.6. The van der Waals surface area contributed by atoms with Gasteiger partial charge in [0.05, 0.1) is 86.5 Å². The highest BCUT2D eigenvalue weighted by Crippen LogP contribution is 2.48. The second kappa shape index (κ2) is 26.5. The summed E-state index contributed by atoms with van der Waals surface area (Å²) in [7, 11) is 0. The molecule has 9 fully saturated rings. The van der Waals surface area contributed by atoms with E-state index in [1.807, 2.05) is 6.92 Å². The van der Waals surface area contributed by atoms with Crippen LogP contribution >= 0.6 is 0 Å². The van der Waals surface area contributed by atoms with Crippen molar-refractivity contribution in [2.75, 3.05) is 13.2 Å². The van der Waals surface area contributed by atoms with Crippen molar-refractivity contribution in [2.24, 2.45) is 82.9 Å². The highest BCUT2D eigenvalue weighted by molar-refractivity contribution is 4.97. The zero-order valence-electron chi connectivity index (χ0n) is 52.3. The highest BCUT2D eigenvalue weighted by Gasteiger charge is 2.56. The monoisotopic (exact) mass is 1120 g/mol. The fourth-order valence-corrected chi connectivity index (χ4v) is 14.9. The summed E-state index contributed by atoms with van der Waals surface area (Å²) in [6, 6.07) is 0. The summed E-state index contributed by atoms with van der Waals surface area (Å²) in [4.78, 5) is 0. The zero-order chi connectivity index (χ0) is 57.0. The summed E-state index contributed by atoms with van der Waals surface area (Å²) >= 11 is 0. The lowest BCUT2D eigenvalue weighted by molar-refractivity contribution is -0.374. The third-order valence-electron chi connectivity index (χ3n) is 22.2. The molecule has 9 aliphatic heterocycles. The number of rotatable bonds is 17. The molecule has 0 N–H and O–H groups in total. The maximum atomic E-state index is 7.19. The van der Waals surface area contributed by atoms with Crippen molar-refractivity contribution >= 4 is 0 Å². The second-order valence-electron chi connectivity index (χ2n) is 26.8. The van der Waals surface area contributed by atoms with Crippen LogP contribution < -0.4 is 0 Å². The van der Waals surface area contributed by atoms with Crippen molar-refractivity contribution < 1.29 is 75.8 Å². The Hall–Kier alpha value is -0.640. The molecule has 458 valence electrons. The number of ether oxygens (including phenoxy) is 16. The fraction of sp³-hybridized carbons (Fsp3) is 1.00. The van der Waals surface area contributed by atoms with Crippen molar-refractivity contribution in [3.05, 3.63) is 0 Å². The summed E-state index contributed by atoms with van der Waals surface area (Å²) in [5, 5.41) is 0. The van der Waals surface area contributed by atoms with Crippen LogP contribution in [0.3, 0.4) is 0 Å². The number of hydrogen-bond acceptors (Lipinski definition) is 16. The molecular weight excluding hydrogens is 1010 g/mol. The molecule has 19 unspecified atom stereocenters. The van der Waals surface area contributed by atoms with Crippen LogP contribution in [-0.2, 0) is 75.8 Å². The smallest absolute Gasteiger partial charge is 0.161 e. The quantitative estimate of drug-likeness (QED) is 0.136. The predicted molar refractivity (Wildman–Crippen MR) is 296 cm³/mol. The van der Waals surface area contributed by atoms with E-state index in [4.69, 9.17) is 75.8 Å². The minimum absolute atomic E-state index is 0.00912. The van der Waals surface area contributed by atoms with Gasteiger partial charge in [-0.25, -0.2) is 0 Å². The van der Waals surface area contributed by atoms with Crippen molar-refractivity contribution in [1.29, 1.82) is 0 Å². The predicted octanol–water partition coefficient (Wildman–Crippen LogP) is 11.1. The summed E-state index contributed by atoms with van der Waals surface area (Å²) in [6.45, 7) is 45.4. The molecule has 2 bridgehead atoms. The molecule has 0 aromatic rings. The van der Waals surface area contributed by atoms with E-state index in [1.54, 1.807) is 0 Å². The lowest BCUT2D eigenvalue weighted by Gasteiger charge is -2.53. The first-order valence-corrected chi connectivity index (χ1v) is 32.0. The Morgan fingerprint density at radius 2 is 0.544 bits per heavy atom. The van der Waals surface area contributed by atoms with Crippen molar-refractivity contribution in [3.63, 3.8) is 0 Å². The molecule has 9 heterocycles. The molecule has 9 rings (SSSR count). The topological polar surface area (TPSA) is 148 Å². The van der Waals surface area contributed by atoms with Gasteiger partial charge in [-0.1, -0.05) is 132 Å². The van der Waals surface area contributed by atoms with E-state index >= 15 is 0 Å². The maximum absolute atomic E-state index is 7.19. The average molecular weight is 1120 g/mol. The van der Waals surface area contributed by atoms with Gasteiger partial charge in [-0.3, -0.25) is 0 Å². The normalized spacial score (nSPS) is 55.3. The van der Waals surface area contributed by atoms with Gasteiger partial charge in [-0.2, -0.15) is 0 Å². The third kappa shape index (κ3) is 12.5. The van der Waals surface area contributed by atoms with E-state index < -0.39 is 25.2 Å². The first kappa shape index (κ1) is 62.9. The Kier molecular flexibility index (Phi) is 21.1. The number of hydrogen-bond donors (Lipinski definition) is 0. The van der Waals surface area contributed by atoms with Crippen LogP contribution in [0.25, 0.3) is 0 Å². The molecule has 0 aromatic carbocycles. The van der Waals surface area contributed by atoms with E-state index in [0.717, 1.165) is 32.1 Å². The molecule has 9 saturated heterocycles. The lowest BCUT2D eigenvalue weighted by Crippen LogP contribution is -2.60. The zero-order valence-corrected chi connectivity index (χ0v) is 52.3.